The second kappa shape index (κ2) is 8.55. The molecule has 3 atom stereocenters. The van der Waals surface area contributed by atoms with Gasteiger partial charge in [0.2, 0.25) is 6.79 Å². The summed E-state index contributed by atoms with van der Waals surface area (Å²) in [5.41, 5.74) is 2.66. The summed E-state index contributed by atoms with van der Waals surface area (Å²) in [7, 11) is 0. The quantitative estimate of drug-likeness (QED) is 0.537. The normalized spacial score (nSPS) is 27.9. The van der Waals surface area contributed by atoms with E-state index in [0.29, 0.717) is 42.2 Å². The lowest BCUT2D eigenvalue weighted by Gasteiger charge is -2.39. The summed E-state index contributed by atoms with van der Waals surface area (Å²) in [6.07, 6.45) is 2.88. The predicted octanol–water partition coefficient (Wildman–Crippen LogP) is 4.72. The van der Waals surface area contributed by atoms with Gasteiger partial charge in [-0.25, -0.2) is 0 Å². The van der Waals surface area contributed by atoms with Gasteiger partial charge in [-0.3, -0.25) is 14.6 Å². The van der Waals surface area contributed by atoms with Crippen molar-refractivity contribution >= 4 is 33.4 Å². The number of allylic oxidation sites excluding steroid dienone is 2. The van der Waals surface area contributed by atoms with Crippen LogP contribution in [0.15, 0.2) is 32.9 Å². The number of hydrogen-bond donors (Lipinski definition) is 0. The van der Waals surface area contributed by atoms with E-state index in [9.17, 15) is 9.59 Å². The van der Waals surface area contributed by atoms with E-state index < -0.39 is 11.8 Å². The summed E-state index contributed by atoms with van der Waals surface area (Å²) >= 11 is 3.65. The van der Waals surface area contributed by atoms with Gasteiger partial charge in [-0.15, -0.1) is 0 Å². The molecule has 0 saturated carbocycles. The van der Waals surface area contributed by atoms with E-state index in [0.717, 1.165) is 28.6 Å². The van der Waals surface area contributed by atoms with Crippen LogP contribution in [0.4, 0.5) is 0 Å². The van der Waals surface area contributed by atoms with Crippen molar-refractivity contribution in [2.75, 3.05) is 20.0 Å². The Bertz CT molecular complexity index is 1070. The van der Waals surface area contributed by atoms with Crippen LogP contribution in [0.25, 0.3) is 0 Å². The average Bonchev–Trinajstić information content (AvgIpc) is 3.41. The smallest absolute Gasteiger partial charge is 0.315 e. The summed E-state index contributed by atoms with van der Waals surface area (Å²) in [5, 5.41) is 0. The van der Waals surface area contributed by atoms with Crippen molar-refractivity contribution in [2.24, 2.45) is 16.3 Å². The lowest BCUT2D eigenvalue weighted by molar-refractivity contribution is -0.149. The third-order valence-corrected chi connectivity index (χ3v) is 7.51. The Balaban J connectivity index is 1.57. The van der Waals surface area contributed by atoms with Gasteiger partial charge in [-0.1, -0.05) is 29.8 Å². The Kier molecular flexibility index (Phi) is 5.85. The molecule has 1 aliphatic carbocycles. The highest BCUT2D eigenvalue weighted by Gasteiger charge is 2.47. The number of hydrogen-bond acceptors (Lipinski definition) is 7. The van der Waals surface area contributed by atoms with E-state index in [4.69, 9.17) is 23.9 Å². The number of benzene rings is 1. The third-order valence-electron chi connectivity index (χ3n) is 6.82. The van der Waals surface area contributed by atoms with Gasteiger partial charge in [0.15, 0.2) is 17.3 Å². The number of ether oxygens (including phenoxy) is 4. The number of ketones is 1. The zero-order chi connectivity index (χ0) is 23.3. The van der Waals surface area contributed by atoms with Gasteiger partial charge in [-0.05, 0) is 49.3 Å². The maximum absolute atomic E-state index is 13.4. The fraction of sp³-hybridized carbons (Fsp3) is 0.560. The summed E-state index contributed by atoms with van der Waals surface area (Å²) < 4.78 is 23.2. The van der Waals surface area contributed by atoms with Crippen molar-refractivity contribution in [1.82, 2.24) is 0 Å². The SMILES string of the molecule is CC1=NC2=C(C(=O)CC(C)(C)C2)[C@H](c2cc3c(cc2Br)OCO3)C1C(=O)OC[C@@H]1CCCO1. The highest BCUT2D eigenvalue weighted by molar-refractivity contribution is 9.10. The number of esters is 1. The molecule has 5 rings (SSSR count). The molecule has 7 nitrogen and oxygen atoms in total. The Morgan fingerprint density at radius 3 is 2.73 bits per heavy atom. The molecule has 1 aromatic carbocycles. The molecule has 0 amide bonds. The summed E-state index contributed by atoms with van der Waals surface area (Å²) in [4.78, 5) is 31.7. The Labute approximate surface area is 201 Å². The number of halogens is 1. The van der Waals surface area contributed by atoms with E-state index in [1.54, 1.807) is 0 Å². The number of aliphatic imine (C=N–C) groups is 1. The van der Waals surface area contributed by atoms with Crippen LogP contribution in [0.1, 0.15) is 57.9 Å². The minimum Gasteiger partial charge on any atom is -0.462 e. The molecule has 0 N–H and O–H groups in total. The average molecular weight is 518 g/mol. The summed E-state index contributed by atoms with van der Waals surface area (Å²) in [6, 6.07) is 3.71. The van der Waals surface area contributed by atoms with Crippen molar-refractivity contribution in [3.63, 3.8) is 0 Å². The third kappa shape index (κ3) is 4.23. The second-order valence-corrected chi connectivity index (χ2v) is 10.9. The van der Waals surface area contributed by atoms with E-state index in [2.05, 4.69) is 29.8 Å². The van der Waals surface area contributed by atoms with Gasteiger partial charge < -0.3 is 18.9 Å². The Morgan fingerprint density at radius 2 is 2.00 bits per heavy atom. The molecule has 33 heavy (non-hydrogen) atoms. The monoisotopic (exact) mass is 517 g/mol. The molecular weight excluding hydrogens is 490 g/mol. The standard InChI is InChI=1S/C25H28BrNO6/c1-13-21(24(29)31-11-14-5-4-6-30-14)22(15-7-19-20(8-16(15)26)33-12-32-19)23-17(27-13)9-25(2,3)10-18(23)28/h7-8,14,21-22H,4-6,9-12H2,1-3H3/t14-,21?,22+/m0/s1. The van der Waals surface area contributed by atoms with Gasteiger partial charge in [-0.2, -0.15) is 0 Å². The van der Waals surface area contributed by atoms with Crippen molar-refractivity contribution in [2.45, 2.75) is 58.5 Å². The zero-order valence-corrected chi connectivity index (χ0v) is 20.7. The number of carbonyl (C=O) groups excluding carboxylic acids is 2. The van der Waals surface area contributed by atoms with Crippen LogP contribution in [0.2, 0.25) is 0 Å². The lowest BCUT2D eigenvalue weighted by atomic mass is 9.67. The molecule has 3 aliphatic heterocycles. The van der Waals surface area contributed by atoms with Crippen LogP contribution in [0.3, 0.4) is 0 Å². The van der Waals surface area contributed by atoms with E-state index in [-0.39, 0.29) is 36.7 Å². The molecular formula is C25H28BrNO6. The molecule has 0 spiro atoms. The van der Waals surface area contributed by atoms with Gasteiger partial charge in [0.25, 0.3) is 0 Å². The lowest BCUT2D eigenvalue weighted by Crippen LogP contribution is -2.40. The van der Waals surface area contributed by atoms with Crippen molar-refractivity contribution in [3.05, 3.63) is 33.4 Å². The van der Waals surface area contributed by atoms with Crippen LogP contribution < -0.4 is 9.47 Å². The van der Waals surface area contributed by atoms with Gasteiger partial charge in [0, 0.05) is 40.4 Å². The molecule has 1 unspecified atom stereocenters. The highest BCUT2D eigenvalue weighted by Crippen LogP contribution is 2.51. The number of fused-ring (bicyclic) bond motifs is 1. The molecule has 0 bridgehead atoms. The first-order valence-corrected chi connectivity index (χ1v) is 12.2. The van der Waals surface area contributed by atoms with Crippen LogP contribution in [-0.4, -0.2) is 43.6 Å². The van der Waals surface area contributed by atoms with Crippen LogP contribution >= 0.6 is 15.9 Å². The number of rotatable bonds is 4. The Morgan fingerprint density at radius 1 is 1.24 bits per heavy atom. The van der Waals surface area contributed by atoms with Crippen LogP contribution in [0.5, 0.6) is 11.5 Å². The predicted molar refractivity (Wildman–Crippen MR) is 125 cm³/mol. The molecule has 176 valence electrons. The van der Waals surface area contributed by atoms with Crippen molar-refractivity contribution in [1.29, 1.82) is 0 Å². The maximum Gasteiger partial charge on any atom is 0.315 e. The number of nitrogens with zero attached hydrogens (tertiary/aromatic N) is 1. The van der Waals surface area contributed by atoms with E-state index in [1.165, 1.54) is 0 Å². The second-order valence-electron chi connectivity index (χ2n) is 10.0. The van der Waals surface area contributed by atoms with E-state index >= 15 is 0 Å². The first-order chi connectivity index (χ1) is 15.7. The molecule has 3 heterocycles. The zero-order valence-electron chi connectivity index (χ0n) is 19.1. The molecule has 0 radical (unpaired) electrons. The van der Waals surface area contributed by atoms with Crippen molar-refractivity contribution < 1.29 is 28.5 Å². The minimum absolute atomic E-state index is 0.0315. The van der Waals surface area contributed by atoms with Gasteiger partial charge in [0.1, 0.15) is 12.5 Å². The largest absolute Gasteiger partial charge is 0.462 e. The first-order valence-electron chi connectivity index (χ1n) is 11.4. The molecule has 1 aromatic rings. The summed E-state index contributed by atoms with van der Waals surface area (Å²) in [5.74, 6) is -0.330. The molecule has 4 aliphatic rings. The topological polar surface area (TPSA) is 83.4 Å². The number of Topliss-reactive ketones (excluding diaryl/α,β-unsaturated/α-hetero) is 1. The minimum atomic E-state index is -0.702. The fourth-order valence-electron chi connectivity index (χ4n) is 5.30. The fourth-order valence-corrected chi connectivity index (χ4v) is 5.87. The first kappa shape index (κ1) is 22.6. The Hall–Kier alpha value is -2.19. The van der Waals surface area contributed by atoms with Gasteiger partial charge >= 0.3 is 5.97 Å². The summed E-state index contributed by atoms with van der Waals surface area (Å²) in [6.45, 7) is 7.05. The van der Waals surface area contributed by atoms with E-state index in [1.807, 2.05) is 19.1 Å². The molecule has 8 heteroatoms. The van der Waals surface area contributed by atoms with Crippen LogP contribution in [0, 0.1) is 11.3 Å². The van der Waals surface area contributed by atoms with Crippen LogP contribution in [-0.2, 0) is 19.1 Å². The van der Waals surface area contributed by atoms with Gasteiger partial charge in [0.05, 0.1) is 6.10 Å². The van der Waals surface area contributed by atoms with Crippen molar-refractivity contribution in [3.8, 4) is 11.5 Å². The molecule has 0 aromatic heterocycles. The maximum atomic E-state index is 13.4. The highest BCUT2D eigenvalue weighted by atomic mass is 79.9. The molecule has 1 saturated heterocycles. The molecule has 1 fully saturated rings. The number of carbonyl (C=O) groups is 2.